The number of aliphatic hydroxyl groups is 4. The number of fused-ring (bicyclic) bond motifs is 6. The molecule has 1 aromatic rings. The molecule has 1 aromatic carbocycles. The number of aryl methyl sites for hydroxylation is 1. The third-order valence-electron chi connectivity index (χ3n) is 9.46. The van der Waals surface area contributed by atoms with Gasteiger partial charge in [0.15, 0.2) is 6.29 Å². The highest BCUT2D eigenvalue weighted by atomic mass is 16.9. The van der Waals surface area contributed by atoms with E-state index in [1.807, 2.05) is 6.07 Å². The van der Waals surface area contributed by atoms with E-state index in [-0.39, 0.29) is 11.5 Å². The van der Waals surface area contributed by atoms with Crippen molar-refractivity contribution >= 4 is 0 Å². The van der Waals surface area contributed by atoms with Gasteiger partial charge in [-0.15, -0.1) is 0 Å². The Balaban J connectivity index is 1.19. The molecule has 2 aliphatic heterocycles. The summed E-state index contributed by atoms with van der Waals surface area (Å²) in [6.45, 7) is 3.47. The molecule has 3 aliphatic carbocycles. The first-order chi connectivity index (χ1) is 16.2. The lowest BCUT2D eigenvalue weighted by Gasteiger charge is -2.50. The quantitative estimate of drug-likeness (QED) is 0.522. The molecule has 5 aliphatic rings. The van der Waals surface area contributed by atoms with Gasteiger partial charge in [-0.2, -0.15) is 0 Å². The Morgan fingerprint density at radius 1 is 1.03 bits per heavy atom. The number of hydrogen-bond donors (Lipinski definition) is 4. The minimum atomic E-state index is -1.49. The minimum Gasteiger partial charge on any atom is -0.439 e. The summed E-state index contributed by atoms with van der Waals surface area (Å²) in [5.41, 5.74) is 2.75. The zero-order valence-corrected chi connectivity index (χ0v) is 19.8. The minimum absolute atomic E-state index is 0.0689. The number of rotatable bonds is 3. The molecule has 0 aromatic heterocycles. The predicted octanol–water partition coefficient (Wildman–Crippen LogP) is 1.81. The Kier molecular flexibility index (Phi) is 5.54. The second-order valence-corrected chi connectivity index (χ2v) is 11.3. The van der Waals surface area contributed by atoms with Gasteiger partial charge in [0.25, 0.3) is 0 Å². The van der Waals surface area contributed by atoms with Gasteiger partial charge in [-0.1, -0.05) is 13.0 Å². The van der Waals surface area contributed by atoms with Crippen LogP contribution in [0.4, 0.5) is 0 Å². The molecule has 34 heavy (non-hydrogen) atoms. The summed E-state index contributed by atoms with van der Waals surface area (Å²) in [6.07, 6.45) is 0.845. The van der Waals surface area contributed by atoms with Crippen LogP contribution in [0.15, 0.2) is 18.2 Å². The Hall–Kier alpha value is -1.26. The van der Waals surface area contributed by atoms with Crippen molar-refractivity contribution in [2.45, 2.75) is 101 Å². The fraction of sp³-hybridized carbons (Fsp3) is 0.769. The summed E-state index contributed by atoms with van der Waals surface area (Å²) >= 11 is 0. The number of ether oxygens (including phenoxy) is 4. The number of hydrogen-bond acceptors (Lipinski definition) is 8. The lowest BCUT2D eigenvalue weighted by Crippen LogP contribution is -2.57. The molecule has 8 nitrogen and oxygen atoms in total. The zero-order valence-electron chi connectivity index (χ0n) is 19.8. The van der Waals surface area contributed by atoms with Gasteiger partial charge in [0.05, 0.1) is 12.7 Å². The Labute approximate surface area is 199 Å². The first-order valence-corrected chi connectivity index (χ1v) is 12.7. The largest absolute Gasteiger partial charge is 0.439 e. The van der Waals surface area contributed by atoms with Crippen molar-refractivity contribution in [2.75, 3.05) is 6.61 Å². The molecule has 11 atom stereocenters. The third-order valence-corrected chi connectivity index (χ3v) is 9.46. The van der Waals surface area contributed by atoms with Crippen molar-refractivity contribution in [3.63, 3.8) is 0 Å². The summed E-state index contributed by atoms with van der Waals surface area (Å²) in [5.74, 6) is 0.876. The van der Waals surface area contributed by atoms with Gasteiger partial charge < -0.3 is 34.6 Å². The highest BCUT2D eigenvalue weighted by molar-refractivity contribution is 5.41. The van der Waals surface area contributed by atoms with Crippen LogP contribution in [-0.4, -0.2) is 69.8 Å². The van der Waals surface area contributed by atoms with Gasteiger partial charge in [-0.25, -0.2) is 0 Å². The molecule has 8 heteroatoms. The van der Waals surface area contributed by atoms with E-state index in [9.17, 15) is 20.4 Å². The molecular weight excluding hydrogens is 440 g/mol. The Bertz CT molecular complexity index is 939. The van der Waals surface area contributed by atoms with Gasteiger partial charge >= 0.3 is 5.97 Å². The smallest absolute Gasteiger partial charge is 0.326 e. The van der Waals surface area contributed by atoms with E-state index in [2.05, 4.69) is 19.1 Å². The second kappa shape index (κ2) is 8.13. The molecule has 1 unspecified atom stereocenters. The van der Waals surface area contributed by atoms with Crippen molar-refractivity contribution in [2.24, 2.45) is 17.3 Å². The Morgan fingerprint density at radius 2 is 1.85 bits per heavy atom. The van der Waals surface area contributed by atoms with Crippen molar-refractivity contribution in [1.82, 2.24) is 0 Å². The average Bonchev–Trinajstić information content (AvgIpc) is 3.31. The molecule has 0 spiro atoms. The van der Waals surface area contributed by atoms with E-state index in [0.29, 0.717) is 23.5 Å². The highest BCUT2D eigenvalue weighted by Gasteiger charge is 2.57. The summed E-state index contributed by atoms with van der Waals surface area (Å²) < 4.78 is 23.3. The molecule has 0 amide bonds. The number of benzene rings is 1. The molecule has 2 saturated carbocycles. The molecule has 6 rings (SSSR count). The molecule has 2 heterocycles. The van der Waals surface area contributed by atoms with Crippen LogP contribution in [-0.2, 0) is 20.6 Å². The van der Waals surface area contributed by atoms with E-state index in [0.717, 1.165) is 38.5 Å². The highest BCUT2D eigenvalue weighted by Crippen LogP contribution is 2.61. The molecule has 188 valence electrons. The fourth-order valence-electron chi connectivity index (χ4n) is 7.62. The maximum absolute atomic E-state index is 10.6. The molecule has 2 saturated heterocycles. The van der Waals surface area contributed by atoms with Crippen LogP contribution >= 0.6 is 0 Å². The second-order valence-electron chi connectivity index (χ2n) is 11.3. The normalized spacial score (nSPS) is 49.6. The maximum Gasteiger partial charge on any atom is 0.326 e. The van der Waals surface area contributed by atoms with Crippen molar-refractivity contribution in [3.8, 4) is 5.75 Å². The van der Waals surface area contributed by atoms with Crippen molar-refractivity contribution in [3.05, 3.63) is 29.3 Å². The number of aliphatic hydroxyl groups excluding tert-OH is 4. The van der Waals surface area contributed by atoms with Crippen molar-refractivity contribution < 1.29 is 39.4 Å². The summed E-state index contributed by atoms with van der Waals surface area (Å²) in [4.78, 5) is 0. The van der Waals surface area contributed by atoms with Crippen LogP contribution < -0.4 is 4.74 Å². The SMILES string of the molecule is CC1(Oc2ccc3c(c2)CC[C@@H]2[C@@H]3CC[C@]3(C)[C@@H](O)CC[C@@H]23)O[C@@H]2O[C@H](CO)[C@@H](O)[C@H](O)[C@H]2O1. The molecule has 4 N–H and O–H groups in total. The van der Waals surface area contributed by atoms with Gasteiger partial charge in [0.2, 0.25) is 0 Å². The molecular formula is C26H36O8. The summed E-state index contributed by atoms with van der Waals surface area (Å²) in [5, 5.41) is 40.5. The molecule has 4 fully saturated rings. The maximum atomic E-state index is 10.6. The third kappa shape index (κ3) is 3.45. The van der Waals surface area contributed by atoms with Crippen molar-refractivity contribution in [1.29, 1.82) is 0 Å². The van der Waals surface area contributed by atoms with E-state index >= 15 is 0 Å². The van der Waals surface area contributed by atoms with Crippen LogP contribution in [0, 0.1) is 17.3 Å². The first-order valence-electron chi connectivity index (χ1n) is 12.7. The monoisotopic (exact) mass is 476 g/mol. The van der Waals surface area contributed by atoms with Crippen LogP contribution in [0.5, 0.6) is 5.75 Å². The zero-order chi connectivity index (χ0) is 23.8. The fourth-order valence-corrected chi connectivity index (χ4v) is 7.62. The lowest BCUT2D eigenvalue weighted by molar-refractivity contribution is -0.306. The van der Waals surface area contributed by atoms with Gasteiger partial charge in [-0.05, 0) is 85.0 Å². The Morgan fingerprint density at radius 3 is 2.65 bits per heavy atom. The predicted molar refractivity (Wildman–Crippen MR) is 120 cm³/mol. The van der Waals surface area contributed by atoms with E-state index in [4.69, 9.17) is 18.9 Å². The van der Waals surface area contributed by atoms with Gasteiger partial charge in [0, 0.05) is 6.92 Å². The molecule has 0 bridgehead atoms. The molecule has 0 radical (unpaired) electrons. The topological polar surface area (TPSA) is 118 Å². The van der Waals surface area contributed by atoms with Crippen LogP contribution in [0.2, 0.25) is 0 Å². The first kappa shape index (κ1) is 23.2. The van der Waals surface area contributed by atoms with Crippen LogP contribution in [0.1, 0.15) is 63.0 Å². The van der Waals surface area contributed by atoms with E-state index in [1.165, 1.54) is 11.1 Å². The van der Waals surface area contributed by atoms with E-state index < -0.39 is 43.3 Å². The summed E-state index contributed by atoms with van der Waals surface area (Å²) in [7, 11) is 0. The van der Waals surface area contributed by atoms with Crippen LogP contribution in [0.3, 0.4) is 0 Å². The van der Waals surface area contributed by atoms with Gasteiger partial charge in [0.1, 0.15) is 30.2 Å². The lowest BCUT2D eigenvalue weighted by atomic mass is 9.55. The van der Waals surface area contributed by atoms with E-state index in [1.54, 1.807) is 6.92 Å². The average molecular weight is 477 g/mol. The standard InChI is InChI=1S/C26H36O8/c1-25-10-9-16-15-6-4-14(11-13(15)3-5-17(16)18(25)7-8-20(25)28)32-26(2)33-23-22(30)21(29)19(12-27)31-24(23)34-26/h4,6,11,16-24,27-30H,3,5,7-10,12H2,1-2H3/t16-,17-,18+,19-,20+,21-,22+,23-,24+,25+,26?/m1/s1. The van der Waals surface area contributed by atoms with Gasteiger partial charge in [-0.3, -0.25) is 4.74 Å². The summed E-state index contributed by atoms with van der Waals surface area (Å²) in [6, 6.07) is 6.17. The van der Waals surface area contributed by atoms with Crippen LogP contribution in [0.25, 0.3) is 0 Å².